The minimum absolute atomic E-state index is 0.0255. The molecule has 2 fully saturated rings. The first-order valence-corrected chi connectivity index (χ1v) is 9.52. The summed E-state index contributed by atoms with van der Waals surface area (Å²) >= 11 is 0. The maximum Gasteiger partial charge on any atom is 0.318 e. The highest BCUT2D eigenvalue weighted by Crippen LogP contribution is 2.52. The molecular weight excluding hydrogens is 354 g/mol. The number of benzene rings is 2. The van der Waals surface area contributed by atoms with E-state index < -0.39 is 29.7 Å². The SMILES string of the molecule is O=C1OC(=O)[C@@H]2CC=C[C@@H]([C@@H]3C(=O)N(c4ccccc4)[C@H]3c3ccccc3)[C@H]12. The first-order chi connectivity index (χ1) is 13.7. The third kappa shape index (κ3) is 2.43. The van der Waals surface area contributed by atoms with E-state index in [1.807, 2.05) is 72.8 Å². The number of hydrogen-bond acceptors (Lipinski definition) is 4. The van der Waals surface area contributed by atoms with Crippen molar-refractivity contribution in [3.05, 3.63) is 78.4 Å². The first kappa shape index (κ1) is 16.9. The van der Waals surface area contributed by atoms with Gasteiger partial charge in [-0.1, -0.05) is 60.7 Å². The van der Waals surface area contributed by atoms with Gasteiger partial charge in [0.2, 0.25) is 5.91 Å². The van der Waals surface area contributed by atoms with Crippen LogP contribution in [0, 0.1) is 23.7 Å². The van der Waals surface area contributed by atoms with Crippen molar-refractivity contribution in [2.24, 2.45) is 23.7 Å². The van der Waals surface area contributed by atoms with Crippen LogP contribution >= 0.6 is 0 Å². The molecule has 0 unspecified atom stereocenters. The molecule has 0 bridgehead atoms. The number of nitrogens with zero attached hydrogens (tertiary/aromatic N) is 1. The monoisotopic (exact) mass is 373 g/mol. The molecule has 2 saturated heterocycles. The largest absolute Gasteiger partial charge is 0.393 e. The van der Waals surface area contributed by atoms with Crippen molar-refractivity contribution in [3.8, 4) is 0 Å². The zero-order valence-corrected chi connectivity index (χ0v) is 15.1. The number of β-lactam (4-membered cyclic amide) rings is 1. The van der Waals surface area contributed by atoms with E-state index in [4.69, 9.17) is 4.74 Å². The first-order valence-electron chi connectivity index (χ1n) is 9.52. The fraction of sp³-hybridized carbons (Fsp3) is 0.261. The van der Waals surface area contributed by atoms with Crippen LogP contribution in [0.15, 0.2) is 72.8 Å². The zero-order chi connectivity index (χ0) is 19.3. The molecule has 1 amide bonds. The number of amides is 1. The fourth-order valence-electron chi connectivity index (χ4n) is 4.84. The molecule has 0 radical (unpaired) electrons. The lowest BCUT2D eigenvalue weighted by atomic mass is 9.64. The molecule has 1 aliphatic carbocycles. The van der Waals surface area contributed by atoms with E-state index in [1.165, 1.54) is 0 Å². The molecule has 3 aliphatic rings. The number of rotatable bonds is 3. The summed E-state index contributed by atoms with van der Waals surface area (Å²) in [5.41, 5.74) is 1.85. The van der Waals surface area contributed by atoms with E-state index in [0.717, 1.165) is 11.3 Å². The van der Waals surface area contributed by atoms with Crippen molar-refractivity contribution in [1.82, 2.24) is 0 Å². The number of ether oxygens (including phenoxy) is 1. The molecule has 2 heterocycles. The summed E-state index contributed by atoms with van der Waals surface area (Å²) < 4.78 is 4.90. The van der Waals surface area contributed by atoms with Crippen molar-refractivity contribution >= 4 is 23.5 Å². The lowest BCUT2D eigenvalue weighted by molar-refractivity contribution is -0.154. The second-order valence-corrected chi connectivity index (χ2v) is 7.54. The van der Waals surface area contributed by atoms with Crippen molar-refractivity contribution < 1.29 is 19.1 Å². The predicted molar refractivity (Wildman–Crippen MR) is 102 cm³/mol. The normalized spacial score (nSPS) is 31.4. The van der Waals surface area contributed by atoms with Gasteiger partial charge in [0.15, 0.2) is 0 Å². The minimum Gasteiger partial charge on any atom is -0.393 e. The minimum atomic E-state index is -0.574. The number of carbonyl (C=O) groups is 3. The average Bonchev–Trinajstić information content (AvgIpc) is 3.02. The quantitative estimate of drug-likeness (QED) is 0.358. The van der Waals surface area contributed by atoms with Gasteiger partial charge >= 0.3 is 11.9 Å². The van der Waals surface area contributed by atoms with Crippen molar-refractivity contribution in [2.45, 2.75) is 12.5 Å². The van der Waals surface area contributed by atoms with Crippen LogP contribution in [0.4, 0.5) is 5.69 Å². The Morgan fingerprint density at radius 2 is 1.50 bits per heavy atom. The molecule has 0 spiro atoms. The highest BCUT2D eigenvalue weighted by molar-refractivity contribution is 6.05. The van der Waals surface area contributed by atoms with Gasteiger partial charge in [0.25, 0.3) is 0 Å². The number of cyclic esters (lactones) is 2. The Hall–Kier alpha value is -3.21. The van der Waals surface area contributed by atoms with Crippen molar-refractivity contribution in [1.29, 1.82) is 0 Å². The Labute approximate surface area is 162 Å². The smallest absolute Gasteiger partial charge is 0.318 e. The lowest BCUT2D eigenvalue weighted by Gasteiger charge is -2.51. The van der Waals surface area contributed by atoms with E-state index >= 15 is 0 Å². The maximum absolute atomic E-state index is 13.3. The molecule has 5 atom stereocenters. The second-order valence-electron chi connectivity index (χ2n) is 7.54. The summed E-state index contributed by atoms with van der Waals surface area (Å²) in [4.78, 5) is 39.5. The zero-order valence-electron chi connectivity index (χ0n) is 15.1. The standard InChI is InChI=1S/C23H19NO4/c25-21-19(16-12-7-13-17-18(16)23(27)28-22(17)26)20(14-8-3-1-4-9-14)24(21)15-10-5-2-6-11-15/h1-12,16-20H,13H2/t16-,17-,18+,19+,20+/m1/s1. The predicted octanol–water partition coefficient (Wildman–Crippen LogP) is 3.28. The van der Waals surface area contributed by atoms with Crippen LogP contribution in [0.2, 0.25) is 0 Å². The molecule has 2 aliphatic heterocycles. The van der Waals surface area contributed by atoms with Gasteiger partial charge in [-0.05, 0) is 24.1 Å². The molecule has 0 N–H and O–H groups in total. The maximum atomic E-state index is 13.3. The Morgan fingerprint density at radius 1 is 0.821 bits per heavy atom. The van der Waals surface area contributed by atoms with Crippen LogP contribution in [0.25, 0.3) is 0 Å². The highest BCUT2D eigenvalue weighted by Gasteiger charge is 2.59. The summed E-state index contributed by atoms with van der Waals surface area (Å²) in [7, 11) is 0. The third-order valence-electron chi connectivity index (χ3n) is 6.10. The molecule has 0 saturated carbocycles. The Morgan fingerprint density at radius 3 is 2.21 bits per heavy atom. The second kappa shape index (κ2) is 6.44. The van der Waals surface area contributed by atoms with Gasteiger partial charge in [0.05, 0.1) is 23.8 Å². The lowest BCUT2D eigenvalue weighted by Crippen LogP contribution is -2.59. The van der Waals surface area contributed by atoms with E-state index in [2.05, 4.69) is 0 Å². The van der Waals surface area contributed by atoms with Gasteiger partial charge in [-0.2, -0.15) is 0 Å². The topological polar surface area (TPSA) is 63.7 Å². The number of anilines is 1. The number of esters is 2. The van der Waals surface area contributed by atoms with E-state index in [9.17, 15) is 14.4 Å². The number of carbonyl (C=O) groups excluding carboxylic acids is 3. The number of hydrogen-bond donors (Lipinski definition) is 0. The molecule has 2 aromatic carbocycles. The van der Waals surface area contributed by atoms with Crippen LogP contribution in [0.5, 0.6) is 0 Å². The number of allylic oxidation sites excluding steroid dienone is 2. The van der Waals surface area contributed by atoms with Crippen molar-refractivity contribution in [3.63, 3.8) is 0 Å². The van der Waals surface area contributed by atoms with Crippen molar-refractivity contribution in [2.75, 3.05) is 4.90 Å². The van der Waals surface area contributed by atoms with E-state index in [1.54, 1.807) is 4.90 Å². The van der Waals surface area contributed by atoms with E-state index in [0.29, 0.717) is 6.42 Å². The van der Waals surface area contributed by atoms with Gasteiger partial charge < -0.3 is 9.64 Å². The van der Waals surface area contributed by atoms with Crippen LogP contribution < -0.4 is 4.90 Å². The summed E-state index contributed by atoms with van der Waals surface area (Å²) in [6.45, 7) is 0. The summed E-state index contributed by atoms with van der Waals surface area (Å²) in [6.07, 6.45) is 4.33. The number of fused-ring (bicyclic) bond motifs is 1. The summed E-state index contributed by atoms with van der Waals surface area (Å²) in [6, 6.07) is 19.2. The molecule has 5 heteroatoms. The molecule has 5 rings (SSSR count). The highest BCUT2D eigenvalue weighted by atomic mass is 16.6. The van der Waals surface area contributed by atoms with Crippen LogP contribution in [-0.2, 0) is 19.1 Å². The Balaban J connectivity index is 1.56. The van der Waals surface area contributed by atoms with Gasteiger partial charge in [0, 0.05) is 11.6 Å². The van der Waals surface area contributed by atoms with Gasteiger partial charge in [-0.3, -0.25) is 14.4 Å². The molecule has 0 aromatic heterocycles. The third-order valence-corrected chi connectivity index (χ3v) is 6.10. The number of para-hydroxylation sites is 1. The summed E-state index contributed by atoms with van der Waals surface area (Å²) in [5.74, 6) is -2.77. The molecule has 140 valence electrons. The molecule has 5 nitrogen and oxygen atoms in total. The van der Waals surface area contributed by atoms with Crippen LogP contribution in [0.1, 0.15) is 18.0 Å². The Kier molecular flexibility index (Phi) is 3.90. The van der Waals surface area contributed by atoms with Gasteiger partial charge in [-0.15, -0.1) is 0 Å². The Bertz CT molecular complexity index is 969. The van der Waals surface area contributed by atoms with Gasteiger partial charge in [-0.25, -0.2) is 0 Å². The fourth-order valence-corrected chi connectivity index (χ4v) is 4.84. The average molecular weight is 373 g/mol. The molecular formula is C23H19NO4. The van der Waals surface area contributed by atoms with E-state index in [-0.39, 0.29) is 17.9 Å². The molecule has 2 aromatic rings. The summed E-state index contributed by atoms with van der Waals surface area (Å²) in [5, 5.41) is 0. The molecule has 28 heavy (non-hydrogen) atoms. The van der Waals surface area contributed by atoms with Crippen LogP contribution in [0.3, 0.4) is 0 Å². The van der Waals surface area contributed by atoms with Gasteiger partial charge in [0.1, 0.15) is 0 Å². The van der Waals surface area contributed by atoms with Crippen LogP contribution in [-0.4, -0.2) is 17.8 Å².